The van der Waals surface area contributed by atoms with Crippen LogP contribution in [0.5, 0.6) is 0 Å². The fourth-order valence-corrected chi connectivity index (χ4v) is 2.63. The number of rotatable bonds is 5. The van der Waals surface area contributed by atoms with Crippen LogP contribution in [0.15, 0.2) is 0 Å². The highest BCUT2D eigenvalue weighted by Gasteiger charge is 2.58. The molecule has 0 spiro atoms. The highest BCUT2D eigenvalue weighted by atomic mass is 27.0. The van der Waals surface area contributed by atoms with Crippen LogP contribution in [0.3, 0.4) is 0 Å². The van der Waals surface area contributed by atoms with E-state index in [-0.39, 0.29) is 22.8 Å². The van der Waals surface area contributed by atoms with Crippen molar-refractivity contribution in [1.82, 2.24) is 0 Å². The normalized spacial score (nSPS) is 47.0. The van der Waals surface area contributed by atoms with E-state index in [1.807, 2.05) is 0 Å². The minimum Gasteiger partial charge on any atom is -0.412 e. The van der Waals surface area contributed by atoms with Gasteiger partial charge in [0.25, 0.3) is 0 Å². The van der Waals surface area contributed by atoms with Crippen molar-refractivity contribution >= 4 is 17.4 Å². The molecule has 0 aromatic rings. The highest BCUT2D eigenvalue weighted by molar-refractivity contribution is 5.75. The lowest BCUT2D eigenvalue weighted by Crippen LogP contribution is -2.62. The van der Waals surface area contributed by atoms with Gasteiger partial charge in [0.2, 0.25) is 5.79 Å². The Kier molecular flexibility index (Phi) is 9.85. The van der Waals surface area contributed by atoms with Gasteiger partial charge in [-0.3, -0.25) is 0 Å². The van der Waals surface area contributed by atoms with Gasteiger partial charge in [-0.1, -0.05) is 0 Å². The van der Waals surface area contributed by atoms with Gasteiger partial charge in [-0.15, -0.1) is 0 Å². The minimum absolute atomic E-state index is 0. The molecule has 149 valence electrons. The average molecular weight is 389 g/mol. The molecule has 0 saturated carbocycles. The molecule has 0 unspecified atom stereocenters. The topological polar surface area (TPSA) is 221 Å². The smallest absolute Gasteiger partial charge is 0.224 e. The van der Waals surface area contributed by atoms with Gasteiger partial charge in [0.1, 0.15) is 66.7 Å². The molecule has 0 aromatic heterocycles. The third-order valence-corrected chi connectivity index (χ3v) is 4.07. The van der Waals surface area contributed by atoms with Crippen molar-refractivity contribution in [2.45, 2.75) is 54.8 Å². The SMILES string of the molecule is O.OC[C@H]1O[C@@](CO)(O[C@H]2O[C@H](CO)[C@@H](O)[C@H](O)[C@H]2O)[C@@H](O)[C@@H]1O.[AlH2]. The second-order valence-electron chi connectivity index (χ2n) is 5.56. The molecule has 2 rings (SSSR count). The molecule has 13 heteroatoms. The summed E-state index contributed by atoms with van der Waals surface area (Å²) in [4.78, 5) is 0. The molecular formula is C12H26AlO12. The van der Waals surface area contributed by atoms with Crippen molar-refractivity contribution in [3.05, 3.63) is 0 Å². The van der Waals surface area contributed by atoms with Gasteiger partial charge in [0, 0.05) is 0 Å². The number of ether oxygens (including phenoxy) is 3. The van der Waals surface area contributed by atoms with Gasteiger partial charge in [-0.05, 0) is 0 Å². The molecular weight excluding hydrogens is 363 g/mol. The summed E-state index contributed by atoms with van der Waals surface area (Å²) >= 11 is 0. The minimum atomic E-state index is -2.22. The summed E-state index contributed by atoms with van der Waals surface area (Å²) in [6.07, 6.45) is -12.7. The fraction of sp³-hybridized carbons (Fsp3) is 1.00. The molecule has 0 aromatic carbocycles. The maximum Gasteiger partial charge on any atom is 0.224 e. The second kappa shape index (κ2) is 9.83. The molecule has 2 heterocycles. The first-order valence-corrected chi connectivity index (χ1v) is 7.05. The van der Waals surface area contributed by atoms with Crippen LogP contribution in [-0.4, -0.2) is 138 Å². The van der Waals surface area contributed by atoms with Crippen molar-refractivity contribution in [3.8, 4) is 0 Å². The average Bonchev–Trinajstić information content (AvgIpc) is 2.80. The monoisotopic (exact) mass is 389 g/mol. The van der Waals surface area contributed by atoms with Crippen LogP contribution in [-0.2, 0) is 14.2 Å². The summed E-state index contributed by atoms with van der Waals surface area (Å²) in [5, 5.41) is 76.7. The standard InChI is InChI=1S/C12H22O11.Al.H2O.2H/c13-1-4-6(16)8(18)9(19)11(21-4)23-12(3-15)10(20)7(17)5(2-14)22-12;;;;/h4-11,13-20H,1-3H2;;1H2;;/t4-,5-,6-,7-,8+,9-,10+,11-,12+;;;;/m1..../s1. The first-order valence-electron chi connectivity index (χ1n) is 7.05. The van der Waals surface area contributed by atoms with Gasteiger partial charge in [0.15, 0.2) is 6.29 Å². The van der Waals surface area contributed by atoms with E-state index in [2.05, 4.69) is 0 Å². The molecule has 2 fully saturated rings. The fourth-order valence-electron chi connectivity index (χ4n) is 2.63. The molecule has 2 aliphatic heterocycles. The van der Waals surface area contributed by atoms with E-state index in [4.69, 9.17) is 24.4 Å². The van der Waals surface area contributed by atoms with Crippen molar-refractivity contribution in [2.75, 3.05) is 19.8 Å². The third kappa shape index (κ3) is 4.49. The van der Waals surface area contributed by atoms with E-state index in [1.54, 1.807) is 0 Å². The third-order valence-electron chi connectivity index (χ3n) is 4.07. The molecule has 2 saturated heterocycles. The summed E-state index contributed by atoms with van der Waals surface area (Å²) in [7, 11) is 0. The van der Waals surface area contributed by atoms with Gasteiger partial charge in [-0.25, -0.2) is 0 Å². The molecule has 10 N–H and O–H groups in total. The Bertz CT molecular complexity index is 400. The van der Waals surface area contributed by atoms with Crippen LogP contribution in [0.1, 0.15) is 0 Å². The van der Waals surface area contributed by atoms with E-state index >= 15 is 0 Å². The molecule has 0 aliphatic carbocycles. The highest BCUT2D eigenvalue weighted by Crippen LogP contribution is 2.35. The quantitative estimate of drug-likeness (QED) is 0.206. The summed E-state index contributed by atoms with van der Waals surface area (Å²) in [5.41, 5.74) is 0. The van der Waals surface area contributed by atoms with Gasteiger partial charge >= 0.3 is 0 Å². The van der Waals surface area contributed by atoms with Crippen LogP contribution >= 0.6 is 0 Å². The first-order chi connectivity index (χ1) is 10.8. The van der Waals surface area contributed by atoms with Gasteiger partial charge in [0.05, 0.1) is 13.2 Å². The summed E-state index contributed by atoms with van der Waals surface area (Å²) < 4.78 is 15.4. The molecule has 25 heavy (non-hydrogen) atoms. The predicted octanol–water partition coefficient (Wildman–Crippen LogP) is -7.14. The number of aliphatic hydroxyl groups is 8. The summed E-state index contributed by atoms with van der Waals surface area (Å²) in [6, 6.07) is 0. The Labute approximate surface area is 153 Å². The van der Waals surface area contributed by atoms with E-state index in [9.17, 15) is 30.6 Å². The first kappa shape index (κ1) is 25.1. The lowest BCUT2D eigenvalue weighted by molar-refractivity contribution is -0.383. The van der Waals surface area contributed by atoms with Crippen molar-refractivity contribution < 1.29 is 60.5 Å². The Hall–Kier alpha value is 0.0525. The molecule has 2 aliphatic rings. The Morgan fingerprint density at radius 3 is 1.80 bits per heavy atom. The van der Waals surface area contributed by atoms with Crippen molar-refractivity contribution in [3.63, 3.8) is 0 Å². The molecule has 12 nitrogen and oxygen atoms in total. The van der Waals surface area contributed by atoms with Crippen LogP contribution in [0.2, 0.25) is 0 Å². The maximum atomic E-state index is 10.00. The van der Waals surface area contributed by atoms with Crippen molar-refractivity contribution in [1.29, 1.82) is 0 Å². The zero-order chi connectivity index (χ0) is 17.4. The van der Waals surface area contributed by atoms with Crippen LogP contribution in [0.4, 0.5) is 0 Å². The number of hydrogen-bond donors (Lipinski definition) is 8. The molecule has 9 atom stereocenters. The molecule has 1 radical (unpaired) electrons. The lowest BCUT2D eigenvalue weighted by atomic mass is 9.99. The van der Waals surface area contributed by atoms with E-state index in [0.29, 0.717) is 0 Å². The summed E-state index contributed by atoms with van der Waals surface area (Å²) in [5.74, 6) is -2.22. The Morgan fingerprint density at radius 1 is 0.800 bits per heavy atom. The number of hydrogen-bond acceptors (Lipinski definition) is 11. The molecule has 0 bridgehead atoms. The zero-order valence-corrected chi connectivity index (χ0v) is 15.5. The van der Waals surface area contributed by atoms with Crippen LogP contribution in [0.25, 0.3) is 0 Å². The molecule has 0 amide bonds. The largest absolute Gasteiger partial charge is 0.412 e. The van der Waals surface area contributed by atoms with E-state index < -0.39 is 74.6 Å². The van der Waals surface area contributed by atoms with Crippen LogP contribution < -0.4 is 0 Å². The van der Waals surface area contributed by atoms with E-state index in [0.717, 1.165) is 0 Å². The van der Waals surface area contributed by atoms with Gasteiger partial charge in [-0.2, -0.15) is 0 Å². The predicted molar refractivity (Wildman–Crippen MR) is 80.8 cm³/mol. The Morgan fingerprint density at radius 2 is 1.36 bits per heavy atom. The maximum absolute atomic E-state index is 10.00. The number of aliphatic hydroxyl groups excluding tert-OH is 8. The van der Waals surface area contributed by atoms with E-state index in [1.165, 1.54) is 0 Å². The second-order valence-corrected chi connectivity index (χ2v) is 5.56. The lowest BCUT2D eigenvalue weighted by Gasteiger charge is -2.43. The Balaban J connectivity index is 0.00000288. The van der Waals surface area contributed by atoms with Crippen LogP contribution in [0, 0.1) is 0 Å². The zero-order valence-electron chi connectivity index (χ0n) is 13.5. The summed E-state index contributed by atoms with van der Waals surface area (Å²) in [6.45, 7) is -2.32. The van der Waals surface area contributed by atoms with Crippen molar-refractivity contribution in [2.24, 2.45) is 0 Å². The van der Waals surface area contributed by atoms with Gasteiger partial charge < -0.3 is 60.5 Å².